The van der Waals surface area contributed by atoms with Gasteiger partial charge >= 0.3 is 0 Å². The smallest absolute Gasteiger partial charge is 0.246 e. The quantitative estimate of drug-likeness (QED) is 0.463. The molecule has 2 aromatic rings. The zero-order valence-corrected chi connectivity index (χ0v) is 10.2. The molecule has 0 unspecified atom stereocenters. The molecule has 1 amide bonds. The van der Waals surface area contributed by atoms with Crippen LogP contribution in [0.5, 0.6) is 0 Å². The number of hydrazine groups is 1. The summed E-state index contributed by atoms with van der Waals surface area (Å²) in [7, 11) is 1.55. The Morgan fingerprint density at radius 1 is 1.47 bits per heavy atom. The van der Waals surface area contributed by atoms with Gasteiger partial charge in [-0.15, -0.1) is 0 Å². The summed E-state index contributed by atoms with van der Waals surface area (Å²) in [6, 6.07) is 5.74. The van der Waals surface area contributed by atoms with Crippen LogP contribution in [0.15, 0.2) is 24.5 Å². The van der Waals surface area contributed by atoms with Crippen LogP contribution in [0.2, 0.25) is 0 Å². The average molecular weight is 232 g/mol. The number of hydrogen-bond donors (Lipinski definition) is 2. The largest absolute Gasteiger partial charge is 0.345 e. The topological polar surface area (TPSA) is 75.0 Å². The molecule has 0 spiro atoms. The molecule has 0 saturated carbocycles. The monoisotopic (exact) mass is 232 g/mol. The van der Waals surface area contributed by atoms with E-state index in [2.05, 4.69) is 9.97 Å². The predicted octanol–water partition coefficient (Wildman–Crippen LogP) is 1.17. The number of amides is 1. The fourth-order valence-corrected chi connectivity index (χ4v) is 1.89. The molecule has 1 heterocycles. The molecule has 1 aromatic heterocycles. The van der Waals surface area contributed by atoms with Crippen molar-refractivity contribution in [3.8, 4) is 0 Å². The van der Waals surface area contributed by atoms with Crippen LogP contribution in [0, 0.1) is 0 Å². The molecule has 17 heavy (non-hydrogen) atoms. The van der Waals surface area contributed by atoms with Crippen LogP contribution in [-0.4, -0.2) is 27.9 Å². The van der Waals surface area contributed by atoms with Crippen LogP contribution in [0.25, 0.3) is 11.0 Å². The molecule has 5 nitrogen and oxygen atoms in total. The number of benzene rings is 1. The number of nitrogens with zero attached hydrogens (tertiary/aromatic N) is 2. The van der Waals surface area contributed by atoms with Gasteiger partial charge in [-0.3, -0.25) is 9.80 Å². The molecule has 90 valence electrons. The Hall–Kier alpha value is -1.88. The third-order valence-electron chi connectivity index (χ3n) is 3.00. The summed E-state index contributed by atoms with van der Waals surface area (Å²) in [4.78, 5) is 19.2. The minimum absolute atomic E-state index is 0.128. The number of nitrogens with one attached hydrogen (secondary N) is 1. The second-order valence-electron chi connectivity index (χ2n) is 4.68. The molecule has 3 N–H and O–H groups in total. The summed E-state index contributed by atoms with van der Waals surface area (Å²) >= 11 is 0. The number of hydrogen-bond acceptors (Lipinski definition) is 3. The van der Waals surface area contributed by atoms with Crippen molar-refractivity contribution in [1.82, 2.24) is 15.0 Å². The number of aromatic nitrogens is 2. The van der Waals surface area contributed by atoms with Gasteiger partial charge < -0.3 is 4.98 Å². The Morgan fingerprint density at radius 3 is 2.82 bits per heavy atom. The standard InChI is InChI=1S/C12H16N4O/c1-12(2,11(17)16(3)13)8-4-5-9-10(6-8)15-7-14-9/h4-7H,13H2,1-3H3,(H,14,15). The number of carbonyl (C=O) groups excluding carboxylic acids is 1. The van der Waals surface area contributed by atoms with Crippen molar-refractivity contribution in [2.75, 3.05) is 7.05 Å². The van der Waals surface area contributed by atoms with Gasteiger partial charge in [0.2, 0.25) is 5.91 Å². The molecule has 0 bridgehead atoms. The van der Waals surface area contributed by atoms with Crippen molar-refractivity contribution < 1.29 is 4.79 Å². The van der Waals surface area contributed by atoms with Gasteiger partial charge in [0, 0.05) is 7.05 Å². The molecule has 0 aliphatic carbocycles. The maximum absolute atomic E-state index is 12.0. The summed E-state index contributed by atoms with van der Waals surface area (Å²) in [6.45, 7) is 3.71. The first kappa shape index (κ1) is 11.6. The van der Waals surface area contributed by atoms with Gasteiger partial charge in [0.1, 0.15) is 0 Å². The highest BCUT2D eigenvalue weighted by molar-refractivity contribution is 5.88. The number of nitrogens with two attached hydrogens (primary N) is 1. The Morgan fingerprint density at radius 2 is 2.18 bits per heavy atom. The first-order chi connectivity index (χ1) is 7.93. The van der Waals surface area contributed by atoms with E-state index >= 15 is 0 Å². The zero-order valence-electron chi connectivity index (χ0n) is 10.2. The lowest BCUT2D eigenvalue weighted by Gasteiger charge is -2.27. The van der Waals surface area contributed by atoms with Gasteiger partial charge in [-0.25, -0.2) is 10.8 Å². The van der Waals surface area contributed by atoms with Gasteiger partial charge in [0.05, 0.1) is 22.8 Å². The molecule has 2 rings (SSSR count). The van der Waals surface area contributed by atoms with Crippen molar-refractivity contribution in [1.29, 1.82) is 0 Å². The summed E-state index contributed by atoms with van der Waals surface area (Å²) in [5, 5.41) is 1.12. The summed E-state index contributed by atoms with van der Waals surface area (Å²) in [6.07, 6.45) is 1.64. The van der Waals surface area contributed by atoms with Crippen LogP contribution in [0.3, 0.4) is 0 Å². The van der Waals surface area contributed by atoms with Gasteiger partial charge in [0.15, 0.2) is 0 Å². The van der Waals surface area contributed by atoms with Crippen molar-refractivity contribution in [3.63, 3.8) is 0 Å². The molecule has 0 aliphatic heterocycles. The number of fused-ring (bicyclic) bond motifs is 1. The number of aromatic amines is 1. The van der Waals surface area contributed by atoms with E-state index in [0.717, 1.165) is 21.6 Å². The number of imidazole rings is 1. The number of rotatable bonds is 2. The summed E-state index contributed by atoms with van der Waals surface area (Å²) in [5.41, 5.74) is 2.07. The average Bonchev–Trinajstić information content (AvgIpc) is 2.74. The number of H-pyrrole nitrogens is 1. The minimum atomic E-state index is -0.650. The molecule has 0 aliphatic rings. The lowest BCUT2D eigenvalue weighted by Crippen LogP contribution is -2.44. The van der Waals surface area contributed by atoms with Crippen molar-refractivity contribution in [2.24, 2.45) is 5.84 Å². The molecule has 5 heteroatoms. The fraction of sp³-hybridized carbons (Fsp3) is 0.333. The van der Waals surface area contributed by atoms with Crippen LogP contribution < -0.4 is 5.84 Å². The number of likely N-dealkylation sites (N-methyl/N-ethyl adjacent to an activating group) is 1. The van der Waals surface area contributed by atoms with E-state index in [1.165, 1.54) is 0 Å². The third kappa shape index (κ3) is 1.89. The molecule has 0 atom stereocenters. The van der Waals surface area contributed by atoms with E-state index < -0.39 is 5.41 Å². The first-order valence-electron chi connectivity index (χ1n) is 5.39. The van der Waals surface area contributed by atoms with Crippen LogP contribution in [0.4, 0.5) is 0 Å². The SMILES string of the molecule is CN(N)C(=O)C(C)(C)c1ccc2nc[nH]c2c1. The van der Waals surface area contributed by atoms with Gasteiger partial charge in [-0.2, -0.15) is 0 Å². The molecular weight excluding hydrogens is 216 g/mol. The van der Waals surface area contributed by atoms with E-state index in [-0.39, 0.29) is 5.91 Å². The zero-order chi connectivity index (χ0) is 12.6. The molecular formula is C12H16N4O. The van der Waals surface area contributed by atoms with Crippen molar-refractivity contribution in [3.05, 3.63) is 30.1 Å². The Balaban J connectivity index is 2.47. The highest BCUT2D eigenvalue weighted by Gasteiger charge is 2.31. The molecule has 0 saturated heterocycles. The van der Waals surface area contributed by atoms with E-state index in [9.17, 15) is 4.79 Å². The molecule has 1 aromatic carbocycles. The van der Waals surface area contributed by atoms with Gasteiger partial charge in [-0.05, 0) is 31.5 Å². The number of carbonyl (C=O) groups is 1. The van der Waals surface area contributed by atoms with Crippen molar-refractivity contribution in [2.45, 2.75) is 19.3 Å². The first-order valence-corrected chi connectivity index (χ1v) is 5.39. The second kappa shape index (κ2) is 3.85. The lowest BCUT2D eigenvalue weighted by molar-refractivity contribution is -0.135. The Labute approximate surface area is 99.6 Å². The predicted molar refractivity (Wildman–Crippen MR) is 66.1 cm³/mol. The summed E-state index contributed by atoms with van der Waals surface area (Å²) < 4.78 is 0. The molecule has 0 fully saturated rings. The van der Waals surface area contributed by atoms with Gasteiger partial charge in [-0.1, -0.05) is 6.07 Å². The lowest BCUT2D eigenvalue weighted by atomic mass is 9.83. The highest BCUT2D eigenvalue weighted by atomic mass is 16.2. The maximum atomic E-state index is 12.0. The van der Waals surface area contributed by atoms with E-state index in [4.69, 9.17) is 5.84 Å². The van der Waals surface area contributed by atoms with E-state index in [1.807, 2.05) is 32.0 Å². The Bertz CT molecular complexity index is 556. The Kier molecular flexibility index (Phi) is 2.63. The van der Waals surface area contributed by atoms with Crippen molar-refractivity contribution >= 4 is 16.9 Å². The minimum Gasteiger partial charge on any atom is -0.345 e. The summed E-state index contributed by atoms with van der Waals surface area (Å²) in [5.74, 6) is 5.39. The fourth-order valence-electron chi connectivity index (χ4n) is 1.89. The second-order valence-corrected chi connectivity index (χ2v) is 4.68. The van der Waals surface area contributed by atoms with Gasteiger partial charge in [0.25, 0.3) is 0 Å². The normalized spacial score (nSPS) is 11.8. The van der Waals surface area contributed by atoms with E-state index in [0.29, 0.717) is 0 Å². The van der Waals surface area contributed by atoms with Crippen LogP contribution >= 0.6 is 0 Å². The maximum Gasteiger partial charge on any atom is 0.246 e. The highest BCUT2D eigenvalue weighted by Crippen LogP contribution is 2.26. The molecule has 0 radical (unpaired) electrons. The van der Waals surface area contributed by atoms with Crippen LogP contribution in [-0.2, 0) is 10.2 Å². The van der Waals surface area contributed by atoms with Crippen LogP contribution in [0.1, 0.15) is 19.4 Å². The third-order valence-corrected chi connectivity index (χ3v) is 3.00. The van der Waals surface area contributed by atoms with E-state index in [1.54, 1.807) is 13.4 Å².